The minimum absolute atomic E-state index is 0.272. The number of aryl methyl sites for hydroxylation is 1. The van der Waals surface area contributed by atoms with Crippen molar-refractivity contribution in [3.63, 3.8) is 0 Å². The quantitative estimate of drug-likeness (QED) is 0.776. The van der Waals surface area contributed by atoms with Crippen LogP contribution in [-0.2, 0) is 7.05 Å². The van der Waals surface area contributed by atoms with Gasteiger partial charge in [-0.1, -0.05) is 13.8 Å². The van der Waals surface area contributed by atoms with Gasteiger partial charge in [0.05, 0.1) is 12.0 Å². The van der Waals surface area contributed by atoms with Crippen LogP contribution >= 0.6 is 11.3 Å². The third kappa shape index (κ3) is 3.21. The minimum atomic E-state index is -0.315. The number of benzene rings is 1. The lowest BCUT2D eigenvalue weighted by atomic mass is 10.1. The molecule has 0 aliphatic heterocycles. The molecular formula is C17H17FN4OS. The van der Waals surface area contributed by atoms with E-state index in [0.717, 1.165) is 11.3 Å². The third-order valence-electron chi connectivity index (χ3n) is 3.59. The summed E-state index contributed by atoms with van der Waals surface area (Å²) in [6.45, 7) is 4.06. The Bertz CT molecular complexity index is 867. The third-order valence-corrected chi connectivity index (χ3v) is 4.45. The van der Waals surface area contributed by atoms with Crippen molar-refractivity contribution < 1.29 is 9.18 Å². The first-order valence-electron chi connectivity index (χ1n) is 7.49. The van der Waals surface area contributed by atoms with E-state index in [-0.39, 0.29) is 17.6 Å². The van der Waals surface area contributed by atoms with Gasteiger partial charge in [0.25, 0.3) is 5.91 Å². The Labute approximate surface area is 143 Å². The summed E-state index contributed by atoms with van der Waals surface area (Å²) < 4.78 is 14.8. The number of rotatable bonds is 4. The molecule has 0 saturated carbocycles. The maximum absolute atomic E-state index is 13.1. The van der Waals surface area contributed by atoms with Crippen molar-refractivity contribution in [3.05, 3.63) is 52.5 Å². The van der Waals surface area contributed by atoms with Crippen molar-refractivity contribution >= 4 is 23.1 Å². The van der Waals surface area contributed by atoms with Gasteiger partial charge in [0.15, 0.2) is 5.01 Å². The van der Waals surface area contributed by atoms with Crippen molar-refractivity contribution in [2.75, 3.05) is 5.32 Å². The lowest BCUT2D eigenvalue weighted by Gasteiger charge is -2.07. The van der Waals surface area contributed by atoms with E-state index in [1.54, 1.807) is 30.1 Å². The summed E-state index contributed by atoms with van der Waals surface area (Å²) in [5, 5.41) is 5.16. The minimum Gasteiger partial charge on any atom is -0.320 e. The van der Waals surface area contributed by atoms with Gasteiger partial charge in [0, 0.05) is 18.0 Å². The lowest BCUT2D eigenvalue weighted by Crippen LogP contribution is -2.14. The molecule has 2 heterocycles. The van der Waals surface area contributed by atoms with Crippen LogP contribution in [0.25, 0.3) is 11.3 Å². The molecule has 1 N–H and O–H groups in total. The van der Waals surface area contributed by atoms with Crippen molar-refractivity contribution in [1.29, 1.82) is 0 Å². The molecule has 124 valence electrons. The van der Waals surface area contributed by atoms with Gasteiger partial charge in [0.2, 0.25) is 0 Å². The Morgan fingerprint density at radius 3 is 2.62 bits per heavy atom. The summed E-state index contributed by atoms with van der Waals surface area (Å²) in [6, 6.07) is 6.00. The normalized spacial score (nSPS) is 11.0. The van der Waals surface area contributed by atoms with Crippen LogP contribution in [0.3, 0.4) is 0 Å². The van der Waals surface area contributed by atoms with Crippen LogP contribution in [0.15, 0.2) is 36.0 Å². The molecule has 0 fully saturated rings. The largest absolute Gasteiger partial charge is 0.320 e. The van der Waals surface area contributed by atoms with Crippen molar-refractivity contribution in [3.8, 4) is 11.3 Å². The summed E-state index contributed by atoms with van der Waals surface area (Å²) in [4.78, 5) is 21.1. The fraction of sp³-hybridized carbons (Fsp3) is 0.235. The molecule has 0 saturated heterocycles. The highest BCUT2D eigenvalue weighted by Gasteiger charge is 2.18. The maximum atomic E-state index is 13.1. The summed E-state index contributed by atoms with van der Waals surface area (Å²) in [5.41, 5.74) is 2.22. The number of thiazole rings is 1. The number of hydrogen-bond donors (Lipinski definition) is 1. The van der Waals surface area contributed by atoms with Crippen LogP contribution in [-0.4, -0.2) is 20.4 Å². The maximum Gasteiger partial charge on any atom is 0.285 e. The molecule has 3 aromatic rings. The molecule has 24 heavy (non-hydrogen) atoms. The molecule has 5 nitrogen and oxygen atoms in total. The summed E-state index contributed by atoms with van der Waals surface area (Å²) in [5.74, 6) is 0.227. The molecule has 3 rings (SSSR count). The Morgan fingerprint density at radius 2 is 2.00 bits per heavy atom. The summed E-state index contributed by atoms with van der Waals surface area (Å²) in [6.07, 6.45) is 1.61. The SMILES string of the molecule is CC(C)c1csc(C(=O)Nc2c(-c3ccc(F)cc3)ncn2C)n1. The van der Waals surface area contributed by atoms with Crippen molar-refractivity contribution in [2.45, 2.75) is 19.8 Å². The highest BCUT2D eigenvalue weighted by atomic mass is 32.1. The first-order valence-corrected chi connectivity index (χ1v) is 8.37. The Kier molecular flexibility index (Phi) is 4.44. The van der Waals surface area contributed by atoms with Gasteiger partial charge >= 0.3 is 0 Å². The molecule has 0 unspecified atom stereocenters. The van der Waals surface area contributed by atoms with E-state index in [9.17, 15) is 9.18 Å². The predicted molar refractivity (Wildman–Crippen MR) is 92.8 cm³/mol. The fourth-order valence-corrected chi connectivity index (χ4v) is 3.09. The number of anilines is 1. The number of imidazole rings is 1. The monoisotopic (exact) mass is 344 g/mol. The number of aromatic nitrogens is 3. The summed E-state index contributed by atoms with van der Waals surface area (Å²) in [7, 11) is 1.79. The predicted octanol–water partition coefficient (Wildman–Crippen LogP) is 4.06. The smallest absolute Gasteiger partial charge is 0.285 e. The number of carbonyl (C=O) groups is 1. The second kappa shape index (κ2) is 6.52. The zero-order chi connectivity index (χ0) is 17.3. The molecule has 0 aliphatic rings. The Balaban J connectivity index is 1.88. The van der Waals surface area contributed by atoms with E-state index < -0.39 is 0 Å². The van der Waals surface area contributed by atoms with Crippen LogP contribution in [0.5, 0.6) is 0 Å². The zero-order valence-corrected chi connectivity index (χ0v) is 14.4. The van der Waals surface area contributed by atoms with Crippen molar-refractivity contribution in [2.24, 2.45) is 7.05 Å². The van der Waals surface area contributed by atoms with E-state index in [1.165, 1.54) is 23.5 Å². The average molecular weight is 344 g/mol. The molecular weight excluding hydrogens is 327 g/mol. The number of nitrogens with zero attached hydrogens (tertiary/aromatic N) is 3. The topological polar surface area (TPSA) is 59.8 Å². The van der Waals surface area contributed by atoms with Gasteiger partial charge in [-0.25, -0.2) is 14.4 Å². The van der Waals surface area contributed by atoms with Gasteiger partial charge in [-0.3, -0.25) is 4.79 Å². The van der Waals surface area contributed by atoms with E-state index >= 15 is 0 Å². The molecule has 2 aromatic heterocycles. The molecule has 0 atom stereocenters. The van der Waals surface area contributed by atoms with Crippen LogP contribution in [0.4, 0.5) is 10.2 Å². The fourth-order valence-electron chi connectivity index (χ4n) is 2.21. The molecule has 0 radical (unpaired) electrons. The van der Waals surface area contributed by atoms with Crippen LogP contribution in [0.2, 0.25) is 0 Å². The van der Waals surface area contributed by atoms with Crippen molar-refractivity contribution in [1.82, 2.24) is 14.5 Å². The van der Waals surface area contributed by atoms with Gasteiger partial charge in [-0.2, -0.15) is 0 Å². The zero-order valence-electron chi connectivity index (χ0n) is 13.6. The molecule has 1 aromatic carbocycles. The van der Waals surface area contributed by atoms with E-state index in [2.05, 4.69) is 15.3 Å². The standard InChI is InChI=1S/C17H17FN4OS/c1-10(2)13-8-24-17(20-13)16(23)21-15-14(19-9-22(15)3)11-4-6-12(18)7-5-11/h4-10H,1-3H3,(H,21,23). The molecule has 7 heteroatoms. The Hall–Kier alpha value is -2.54. The van der Waals surface area contributed by atoms with E-state index in [4.69, 9.17) is 0 Å². The van der Waals surface area contributed by atoms with Gasteiger partial charge < -0.3 is 9.88 Å². The molecule has 0 aliphatic carbocycles. The van der Waals surface area contributed by atoms with Crippen LogP contribution < -0.4 is 5.32 Å². The van der Waals surface area contributed by atoms with E-state index in [0.29, 0.717) is 16.5 Å². The van der Waals surface area contributed by atoms with Gasteiger partial charge in [0.1, 0.15) is 17.3 Å². The number of amides is 1. The lowest BCUT2D eigenvalue weighted by molar-refractivity contribution is 0.102. The molecule has 1 amide bonds. The summed E-state index contributed by atoms with van der Waals surface area (Å²) >= 11 is 1.31. The number of nitrogens with one attached hydrogen (secondary N) is 1. The van der Waals surface area contributed by atoms with Gasteiger partial charge in [-0.15, -0.1) is 11.3 Å². The highest BCUT2D eigenvalue weighted by Crippen LogP contribution is 2.27. The average Bonchev–Trinajstić information content (AvgIpc) is 3.17. The van der Waals surface area contributed by atoms with Crippen LogP contribution in [0, 0.1) is 5.82 Å². The number of halogens is 1. The first-order chi connectivity index (χ1) is 11.5. The first kappa shape index (κ1) is 16.3. The van der Waals surface area contributed by atoms with Crippen LogP contribution in [0.1, 0.15) is 35.3 Å². The second-order valence-corrected chi connectivity index (χ2v) is 6.60. The molecule has 0 spiro atoms. The molecule has 0 bridgehead atoms. The van der Waals surface area contributed by atoms with E-state index in [1.807, 2.05) is 19.2 Å². The number of hydrogen-bond acceptors (Lipinski definition) is 4. The number of carbonyl (C=O) groups excluding carboxylic acids is 1. The Morgan fingerprint density at radius 1 is 1.29 bits per heavy atom. The highest BCUT2D eigenvalue weighted by molar-refractivity contribution is 7.11. The van der Waals surface area contributed by atoms with Gasteiger partial charge in [-0.05, 0) is 30.2 Å². The second-order valence-electron chi connectivity index (χ2n) is 5.75.